The molecule has 0 unspecified atom stereocenters. The van der Waals surface area contributed by atoms with Crippen LogP contribution in [-0.4, -0.2) is 29.3 Å². The number of para-hydroxylation sites is 1. The lowest BCUT2D eigenvalue weighted by molar-refractivity contribution is -0.185. The van der Waals surface area contributed by atoms with Crippen LogP contribution >= 0.6 is 0 Å². The van der Waals surface area contributed by atoms with Crippen molar-refractivity contribution in [3.63, 3.8) is 0 Å². The fraction of sp³-hybridized carbons (Fsp3) is 0.538. The van der Waals surface area contributed by atoms with Crippen LogP contribution in [0.1, 0.15) is 18.4 Å². The van der Waals surface area contributed by atoms with Gasteiger partial charge < -0.3 is 5.11 Å². The minimum atomic E-state index is -4.13. The molecule has 0 amide bonds. The van der Waals surface area contributed by atoms with Gasteiger partial charge in [-0.25, -0.2) is 4.39 Å². The zero-order chi connectivity index (χ0) is 14.0. The molecule has 1 heterocycles. The standard InChI is InChI=1S/C13H15F4NO/c14-11-3-1-2-9(12(11)19)8-18-6-4-10(5-7-18)13(15,16)17/h1-3,10,19H,4-8H2. The highest BCUT2D eigenvalue weighted by Gasteiger charge is 2.40. The van der Waals surface area contributed by atoms with Crippen LogP contribution in [0, 0.1) is 11.7 Å². The summed E-state index contributed by atoms with van der Waals surface area (Å²) in [6, 6.07) is 4.20. The lowest BCUT2D eigenvalue weighted by Gasteiger charge is -2.32. The number of aromatic hydroxyl groups is 1. The van der Waals surface area contributed by atoms with Crippen LogP contribution in [0.5, 0.6) is 5.75 Å². The summed E-state index contributed by atoms with van der Waals surface area (Å²) in [5.74, 6) is -2.37. The highest BCUT2D eigenvalue weighted by Crippen LogP contribution is 2.34. The lowest BCUT2D eigenvalue weighted by Crippen LogP contribution is -2.38. The zero-order valence-electron chi connectivity index (χ0n) is 10.3. The molecule has 0 aliphatic carbocycles. The Balaban J connectivity index is 1.94. The van der Waals surface area contributed by atoms with Gasteiger partial charge in [0.1, 0.15) is 0 Å². The first-order valence-corrected chi connectivity index (χ1v) is 6.13. The van der Waals surface area contributed by atoms with Gasteiger partial charge in [-0.2, -0.15) is 13.2 Å². The van der Waals surface area contributed by atoms with Crippen LogP contribution < -0.4 is 0 Å². The molecule has 1 fully saturated rings. The average Bonchev–Trinajstić information content (AvgIpc) is 2.35. The third-order valence-electron chi connectivity index (χ3n) is 3.51. The molecular weight excluding hydrogens is 262 g/mol. The van der Waals surface area contributed by atoms with E-state index in [9.17, 15) is 22.7 Å². The fourth-order valence-corrected chi connectivity index (χ4v) is 2.35. The van der Waals surface area contributed by atoms with Crippen molar-refractivity contribution in [3.05, 3.63) is 29.6 Å². The van der Waals surface area contributed by atoms with Gasteiger partial charge in [0, 0.05) is 12.1 Å². The maximum Gasteiger partial charge on any atom is 0.391 e. The lowest BCUT2D eigenvalue weighted by atomic mass is 9.96. The third-order valence-corrected chi connectivity index (χ3v) is 3.51. The molecule has 0 atom stereocenters. The Morgan fingerprint density at radius 1 is 1.21 bits per heavy atom. The second-order valence-corrected chi connectivity index (χ2v) is 4.84. The minimum absolute atomic E-state index is 0.0551. The molecule has 1 aliphatic heterocycles. The summed E-state index contributed by atoms with van der Waals surface area (Å²) in [7, 11) is 0. The number of nitrogens with zero attached hydrogens (tertiary/aromatic N) is 1. The summed E-state index contributed by atoms with van der Waals surface area (Å²) < 4.78 is 50.6. The molecule has 106 valence electrons. The van der Waals surface area contributed by atoms with E-state index in [1.54, 1.807) is 11.0 Å². The van der Waals surface area contributed by atoms with Crippen molar-refractivity contribution in [2.45, 2.75) is 25.6 Å². The highest BCUT2D eigenvalue weighted by atomic mass is 19.4. The molecule has 0 radical (unpaired) electrons. The Bertz CT molecular complexity index is 439. The highest BCUT2D eigenvalue weighted by molar-refractivity contribution is 5.33. The maximum absolute atomic E-state index is 13.1. The predicted octanol–water partition coefficient (Wildman–Crippen LogP) is 3.31. The van der Waals surface area contributed by atoms with Crippen LogP contribution in [0.3, 0.4) is 0 Å². The minimum Gasteiger partial charge on any atom is -0.505 e. The number of alkyl halides is 3. The molecule has 1 saturated heterocycles. The van der Waals surface area contributed by atoms with E-state index in [1.807, 2.05) is 0 Å². The Kier molecular flexibility index (Phi) is 3.99. The molecule has 6 heteroatoms. The third kappa shape index (κ3) is 3.37. The summed E-state index contributed by atoms with van der Waals surface area (Å²) in [6.07, 6.45) is -4.02. The van der Waals surface area contributed by atoms with Crippen LogP contribution in [0.2, 0.25) is 0 Å². The van der Waals surface area contributed by atoms with Crippen molar-refractivity contribution >= 4 is 0 Å². The Labute approximate surface area is 108 Å². The largest absolute Gasteiger partial charge is 0.505 e. The number of piperidine rings is 1. The normalized spacial score (nSPS) is 18.7. The summed E-state index contributed by atoms with van der Waals surface area (Å²) in [4.78, 5) is 1.80. The molecule has 0 bridgehead atoms. The van der Waals surface area contributed by atoms with E-state index < -0.39 is 23.7 Å². The van der Waals surface area contributed by atoms with Gasteiger partial charge in [-0.3, -0.25) is 4.90 Å². The first-order valence-electron chi connectivity index (χ1n) is 6.13. The van der Waals surface area contributed by atoms with Crippen molar-refractivity contribution in [1.82, 2.24) is 4.90 Å². The topological polar surface area (TPSA) is 23.5 Å². The molecule has 1 aromatic rings. The van der Waals surface area contributed by atoms with Crippen LogP contribution in [0.15, 0.2) is 18.2 Å². The quantitative estimate of drug-likeness (QED) is 0.838. The number of rotatable bonds is 2. The Morgan fingerprint density at radius 2 is 1.84 bits per heavy atom. The van der Waals surface area contributed by atoms with E-state index in [0.717, 1.165) is 6.07 Å². The number of phenols is 1. The monoisotopic (exact) mass is 277 g/mol. The Morgan fingerprint density at radius 3 is 2.42 bits per heavy atom. The predicted molar refractivity (Wildman–Crippen MR) is 62.1 cm³/mol. The molecule has 0 saturated carbocycles. The SMILES string of the molecule is Oc1c(F)cccc1CN1CCC(C(F)(F)F)CC1. The van der Waals surface area contributed by atoms with Crippen molar-refractivity contribution in [2.75, 3.05) is 13.1 Å². The van der Waals surface area contributed by atoms with E-state index >= 15 is 0 Å². The van der Waals surface area contributed by atoms with Gasteiger partial charge >= 0.3 is 6.18 Å². The first-order chi connectivity index (χ1) is 8.88. The summed E-state index contributed by atoms with van der Waals surface area (Å²) in [5.41, 5.74) is 0.408. The van der Waals surface area contributed by atoms with Gasteiger partial charge in [0.25, 0.3) is 0 Å². The molecular formula is C13H15F4NO. The molecule has 0 spiro atoms. The van der Waals surface area contributed by atoms with Crippen LogP contribution in [0.4, 0.5) is 17.6 Å². The van der Waals surface area contributed by atoms with Crippen molar-refractivity contribution in [1.29, 1.82) is 0 Å². The fourth-order valence-electron chi connectivity index (χ4n) is 2.35. The van der Waals surface area contributed by atoms with Crippen molar-refractivity contribution in [2.24, 2.45) is 5.92 Å². The van der Waals surface area contributed by atoms with Gasteiger partial charge in [-0.1, -0.05) is 12.1 Å². The smallest absolute Gasteiger partial charge is 0.391 e. The van der Waals surface area contributed by atoms with E-state index in [0.29, 0.717) is 18.7 Å². The summed E-state index contributed by atoms with van der Waals surface area (Å²) in [6.45, 7) is 0.883. The number of hydrogen-bond donors (Lipinski definition) is 1. The number of halogens is 4. The molecule has 19 heavy (non-hydrogen) atoms. The molecule has 1 aromatic carbocycles. The molecule has 2 rings (SSSR count). The Hall–Kier alpha value is -1.30. The van der Waals surface area contributed by atoms with Crippen LogP contribution in [-0.2, 0) is 6.54 Å². The number of likely N-dealkylation sites (tertiary alicyclic amines) is 1. The number of benzene rings is 1. The molecule has 0 aromatic heterocycles. The average molecular weight is 277 g/mol. The molecule has 1 N–H and O–H groups in total. The zero-order valence-corrected chi connectivity index (χ0v) is 10.3. The van der Waals surface area contributed by atoms with Gasteiger partial charge in [0.05, 0.1) is 5.92 Å². The molecule has 2 nitrogen and oxygen atoms in total. The second kappa shape index (κ2) is 5.36. The summed E-state index contributed by atoms with van der Waals surface area (Å²) >= 11 is 0. The van der Waals surface area contributed by atoms with Gasteiger partial charge in [0.2, 0.25) is 0 Å². The van der Waals surface area contributed by atoms with E-state index in [4.69, 9.17) is 0 Å². The molecule has 1 aliphatic rings. The van der Waals surface area contributed by atoms with Crippen LogP contribution in [0.25, 0.3) is 0 Å². The second-order valence-electron chi connectivity index (χ2n) is 4.84. The van der Waals surface area contributed by atoms with E-state index in [2.05, 4.69) is 0 Å². The maximum atomic E-state index is 13.1. The van der Waals surface area contributed by atoms with E-state index in [-0.39, 0.29) is 19.4 Å². The summed E-state index contributed by atoms with van der Waals surface area (Å²) in [5, 5.41) is 9.53. The van der Waals surface area contributed by atoms with Crippen molar-refractivity contribution < 1.29 is 22.7 Å². The number of phenolic OH excluding ortho intramolecular Hbond substituents is 1. The van der Waals surface area contributed by atoms with E-state index in [1.165, 1.54) is 6.07 Å². The van der Waals surface area contributed by atoms with Gasteiger partial charge in [0.15, 0.2) is 11.6 Å². The van der Waals surface area contributed by atoms with Gasteiger partial charge in [-0.05, 0) is 32.0 Å². The number of hydrogen-bond acceptors (Lipinski definition) is 2. The van der Waals surface area contributed by atoms with Gasteiger partial charge in [-0.15, -0.1) is 0 Å². The first kappa shape index (κ1) is 14.1. The van der Waals surface area contributed by atoms with Crippen molar-refractivity contribution in [3.8, 4) is 5.75 Å².